The average molecular weight is 265 g/mol. The molecule has 1 aliphatic heterocycles. The summed E-state index contributed by atoms with van der Waals surface area (Å²) in [5.41, 5.74) is -0.628. The molecular formula is C13H13ClN2O2. The summed E-state index contributed by atoms with van der Waals surface area (Å²) in [6.07, 6.45) is 0.357. The Morgan fingerprint density at radius 3 is 2.67 bits per heavy atom. The number of carbonyl (C=O) groups is 2. The van der Waals surface area contributed by atoms with E-state index in [1.54, 1.807) is 32.2 Å². The van der Waals surface area contributed by atoms with Crippen molar-refractivity contribution in [3.63, 3.8) is 0 Å². The fourth-order valence-electron chi connectivity index (χ4n) is 2.31. The summed E-state index contributed by atoms with van der Waals surface area (Å²) < 4.78 is 1.06. The maximum atomic E-state index is 12.4. The smallest absolute Gasteiger partial charge is 0.258 e. The van der Waals surface area contributed by atoms with Crippen LogP contribution in [-0.4, -0.2) is 34.8 Å². The molecule has 1 aliphatic rings. The summed E-state index contributed by atoms with van der Waals surface area (Å²) in [6.45, 7) is 1.90. The molecule has 1 atom stereocenters. The second kappa shape index (κ2) is 4.51. The third kappa shape index (κ3) is 1.63. The molecule has 2 amide bonds. The van der Waals surface area contributed by atoms with Crippen molar-refractivity contribution in [2.24, 2.45) is 0 Å². The van der Waals surface area contributed by atoms with Crippen molar-refractivity contribution in [2.45, 2.75) is 18.8 Å². The highest BCUT2D eigenvalue weighted by molar-refractivity contribution is 6.27. The zero-order valence-electron chi connectivity index (χ0n) is 10.2. The molecule has 0 saturated carbocycles. The zero-order chi connectivity index (χ0) is 13.3. The largest absolute Gasteiger partial charge is 0.325 e. The van der Waals surface area contributed by atoms with Crippen molar-refractivity contribution in [3.8, 4) is 0 Å². The van der Waals surface area contributed by atoms with E-state index < -0.39 is 5.41 Å². The van der Waals surface area contributed by atoms with Crippen LogP contribution in [0.2, 0.25) is 0 Å². The molecule has 0 bridgehead atoms. The molecule has 1 heterocycles. The van der Waals surface area contributed by atoms with Gasteiger partial charge in [0.05, 0.1) is 0 Å². The molecule has 0 N–H and O–H groups in total. The van der Waals surface area contributed by atoms with Gasteiger partial charge in [0.2, 0.25) is 5.91 Å². The lowest BCUT2D eigenvalue weighted by molar-refractivity contribution is -0.155. The number of hydrogen-bond acceptors (Lipinski definition) is 2. The molecule has 1 aromatic carbocycles. The fraction of sp³-hybridized carbons (Fsp3) is 0.385. The molecule has 0 spiro atoms. The first-order valence-corrected chi connectivity index (χ1v) is 5.99. The van der Waals surface area contributed by atoms with E-state index in [2.05, 4.69) is 12.1 Å². The number of nitrogens with zero attached hydrogens (tertiary/aromatic N) is 2. The lowest BCUT2D eigenvalue weighted by Gasteiger charge is -2.41. The van der Waals surface area contributed by atoms with E-state index in [1.807, 2.05) is 0 Å². The lowest BCUT2D eigenvalue weighted by Crippen LogP contribution is -2.61. The van der Waals surface area contributed by atoms with E-state index >= 15 is 0 Å². The van der Waals surface area contributed by atoms with E-state index in [4.69, 9.17) is 11.8 Å². The molecule has 2 rings (SSSR count). The van der Waals surface area contributed by atoms with Crippen LogP contribution in [0.15, 0.2) is 18.2 Å². The van der Waals surface area contributed by atoms with Crippen LogP contribution in [0.25, 0.3) is 0 Å². The monoisotopic (exact) mass is 264 g/mol. The van der Waals surface area contributed by atoms with Crippen LogP contribution in [0.5, 0.6) is 0 Å². The molecule has 1 unspecified atom stereocenters. The average Bonchev–Trinajstić information content (AvgIpc) is 2.39. The van der Waals surface area contributed by atoms with E-state index in [0.29, 0.717) is 12.0 Å². The molecule has 18 heavy (non-hydrogen) atoms. The predicted molar refractivity (Wildman–Crippen MR) is 66.4 cm³/mol. The SMILES string of the molecule is CCC1(c2cc#ccc2)C(=O)N(C)CN(Cl)C1=O. The second-order valence-electron chi connectivity index (χ2n) is 4.29. The van der Waals surface area contributed by atoms with Gasteiger partial charge < -0.3 is 4.90 Å². The van der Waals surface area contributed by atoms with Gasteiger partial charge in [0.15, 0.2) is 5.41 Å². The second-order valence-corrected chi connectivity index (χ2v) is 4.70. The molecule has 1 aromatic rings. The summed E-state index contributed by atoms with van der Waals surface area (Å²) in [7, 11) is 1.63. The predicted octanol–water partition coefficient (Wildman–Crippen LogP) is 1.35. The van der Waals surface area contributed by atoms with Crippen molar-refractivity contribution in [1.29, 1.82) is 0 Å². The molecule has 1 saturated heterocycles. The number of halogens is 1. The van der Waals surface area contributed by atoms with Gasteiger partial charge >= 0.3 is 0 Å². The highest BCUT2D eigenvalue weighted by Crippen LogP contribution is 2.35. The Balaban J connectivity index is 2.59. The van der Waals surface area contributed by atoms with Gasteiger partial charge in [-0.1, -0.05) is 19.1 Å². The van der Waals surface area contributed by atoms with Gasteiger partial charge in [0.1, 0.15) is 6.67 Å². The Labute approximate surface area is 111 Å². The zero-order valence-corrected chi connectivity index (χ0v) is 11.0. The highest BCUT2D eigenvalue weighted by atomic mass is 35.5. The van der Waals surface area contributed by atoms with Crippen molar-refractivity contribution in [3.05, 3.63) is 35.9 Å². The van der Waals surface area contributed by atoms with Crippen LogP contribution in [0.4, 0.5) is 0 Å². The van der Waals surface area contributed by atoms with Crippen LogP contribution >= 0.6 is 11.8 Å². The molecule has 1 fully saturated rings. The molecule has 94 valence electrons. The standard InChI is InChI=1S/C13H13ClN2O2/c1-3-13(10-7-5-4-6-8-10)11(17)15(2)9-16(14)12(13)18/h5,7-8H,3,9H2,1-2H3. The van der Waals surface area contributed by atoms with Crippen LogP contribution in [-0.2, 0) is 15.0 Å². The minimum absolute atomic E-state index is 0.101. The molecular weight excluding hydrogens is 252 g/mol. The maximum Gasteiger partial charge on any atom is 0.258 e. The van der Waals surface area contributed by atoms with Crippen molar-refractivity contribution >= 4 is 23.6 Å². The maximum absolute atomic E-state index is 12.4. The first-order chi connectivity index (χ1) is 8.54. The van der Waals surface area contributed by atoms with Crippen LogP contribution < -0.4 is 0 Å². The summed E-state index contributed by atoms with van der Waals surface area (Å²) in [6, 6.07) is 10.5. The first-order valence-electron chi connectivity index (χ1n) is 5.65. The number of rotatable bonds is 2. The van der Waals surface area contributed by atoms with Crippen molar-refractivity contribution in [2.75, 3.05) is 13.7 Å². The fourth-order valence-corrected chi connectivity index (χ4v) is 2.61. The van der Waals surface area contributed by atoms with E-state index in [0.717, 1.165) is 4.42 Å². The molecule has 5 heteroatoms. The van der Waals surface area contributed by atoms with Crippen molar-refractivity contribution in [1.82, 2.24) is 9.32 Å². The normalized spacial score (nSPS) is 24.2. The Kier molecular flexibility index (Phi) is 3.18. The third-order valence-corrected chi connectivity index (χ3v) is 3.57. The first kappa shape index (κ1) is 12.7. The number of amides is 2. The minimum atomic E-state index is -1.24. The highest BCUT2D eigenvalue weighted by Gasteiger charge is 2.52. The summed E-state index contributed by atoms with van der Waals surface area (Å²) in [5, 5.41) is 0. The summed E-state index contributed by atoms with van der Waals surface area (Å²) in [4.78, 5) is 26.2. The number of carbonyl (C=O) groups excluding carboxylic acids is 2. The Hall–Kier alpha value is -1.73. The lowest BCUT2D eigenvalue weighted by atomic mass is 9.75. The quantitative estimate of drug-likeness (QED) is 0.598. The van der Waals surface area contributed by atoms with Gasteiger partial charge in [-0.15, -0.1) is 0 Å². The number of likely N-dealkylation sites (N-methyl/N-ethyl adjacent to an activating group) is 1. The molecule has 0 radical (unpaired) electrons. The van der Waals surface area contributed by atoms with E-state index in [9.17, 15) is 9.59 Å². The topological polar surface area (TPSA) is 40.6 Å². The van der Waals surface area contributed by atoms with Gasteiger partial charge in [-0.3, -0.25) is 9.59 Å². The van der Waals surface area contributed by atoms with Crippen LogP contribution in [0, 0.1) is 12.1 Å². The summed E-state index contributed by atoms with van der Waals surface area (Å²) >= 11 is 5.91. The van der Waals surface area contributed by atoms with Gasteiger partial charge in [-0.05, 0) is 30.2 Å². The summed E-state index contributed by atoms with van der Waals surface area (Å²) in [5.74, 6) is -0.610. The van der Waals surface area contributed by atoms with Crippen LogP contribution in [0.3, 0.4) is 0 Å². The molecule has 0 aromatic heterocycles. The van der Waals surface area contributed by atoms with Crippen molar-refractivity contribution < 1.29 is 9.59 Å². The minimum Gasteiger partial charge on any atom is -0.325 e. The number of hydrogen-bond donors (Lipinski definition) is 0. The van der Waals surface area contributed by atoms with Gasteiger partial charge in [-0.2, -0.15) is 0 Å². The third-order valence-electron chi connectivity index (χ3n) is 3.31. The van der Waals surface area contributed by atoms with Crippen LogP contribution in [0.1, 0.15) is 18.9 Å². The van der Waals surface area contributed by atoms with Gasteiger partial charge in [0.25, 0.3) is 5.91 Å². The van der Waals surface area contributed by atoms with Gasteiger partial charge in [0, 0.05) is 18.8 Å². The molecule has 0 aliphatic carbocycles. The van der Waals surface area contributed by atoms with E-state index in [1.165, 1.54) is 4.90 Å². The Bertz CT molecular complexity index is 455. The molecule has 4 nitrogen and oxygen atoms in total. The Morgan fingerprint density at radius 2 is 2.11 bits per heavy atom. The Morgan fingerprint density at radius 1 is 1.39 bits per heavy atom. The van der Waals surface area contributed by atoms with E-state index in [-0.39, 0.29) is 18.5 Å². The van der Waals surface area contributed by atoms with Gasteiger partial charge in [-0.25, -0.2) is 4.42 Å².